The van der Waals surface area contributed by atoms with Crippen molar-refractivity contribution in [1.29, 1.82) is 0 Å². The van der Waals surface area contributed by atoms with Crippen molar-refractivity contribution in [3.05, 3.63) is 111 Å². The van der Waals surface area contributed by atoms with Crippen LogP contribution < -0.4 is 10.2 Å². The van der Waals surface area contributed by atoms with Crippen LogP contribution in [0.1, 0.15) is 52.8 Å². The molecule has 6 heteroatoms. The second-order valence-electron chi connectivity index (χ2n) is 9.11. The second kappa shape index (κ2) is 9.59. The van der Waals surface area contributed by atoms with Crippen molar-refractivity contribution < 1.29 is 0 Å². The number of aryl methyl sites for hydroxylation is 3. The fourth-order valence-corrected chi connectivity index (χ4v) is 5.69. The fourth-order valence-electron chi connectivity index (χ4n) is 5.09. The van der Waals surface area contributed by atoms with Crippen LogP contribution in [0.25, 0.3) is 5.69 Å². The van der Waals surface area contributed by atoms with Crippen LogP contribution in [0.5, 0.6) is 0 Å². The van der Waals surface area contributed by atoms with E-state index < -0.39 is 0 Å². The number of nitrogens with zero attached hydrogens (tertiary/aromatic N) is 3. The zero-order chi connectivity index (χ0) is 24.7. The highest BCUT2D eigenvalue weighted by Crippen LogP contribution is 2.44. The lowest BCUT2D eigenvalue weighted by atomic mass is 9.96. The van der Waals surface area contributed by atoms with Crippen LogP contribution in [0.3, 0.4) is 0 Å². The standard InChI is InChI=1S/C29H29BrN4S/c1-5-21-9-11-22(12-10-21)33-19(3)17-24(20(33)4)28-27(26-8-6-7-15-31-26)32-29(35)34(28)23-13-14-25(30)18(2)16-23/h6-17,27-28H,5H2,1-4H3,(H,32,35)/t27-,28-/m1/s1. The van der Waals surface area contributed by atoms with Gasteiger partial charge in [0.25, 0.3) is 0 Å². The molecule has 2 aromatic carbocycles. The zero-order valence-corrected chi connectivity index (χ0v) is 22.8. The number of pyridine rings is 1. The lowest BCUT2D eigenvalue weighted by Crippen LogP contribution is -2.29. The van der Waals surface area contributed by atoms with E-state index in [4.69, 9.17) is 17.2 Å². The molecule has 1 saturated heterocycles. The van der Waals surface area contributed by atoms with Gasteiger partial charge in [0.15, 0.2) is 5.11 Å². The summed E-state index contributed by atoms with van der Waals surface area (Å²) < 4.78 is 3.43. The summed E-state index contributed by atoms with van der Waals surface area (Å²) in [4.78, 5) is 6.95. The highest BCUT2D eigenvalue weighted by atomic mass is 79.9. The summed E-state index contributed by atoms with van der Waals surface area (Å²) in [6.45, 7) is 8.68. The van der Waals surface area contributed by atoms with Gasteiger partial charge in [0, 0.05) is 33.4 Å². The number of benzene rings is 2. The molecule has 0 aliphatic carbocycles. The summed E-state index contributed by atoms with van der Waals surface area (Å²) in [5.41, 5.74) is 9.40. The van der Waals surface area contributed by atoms with Crippen molar-refractivity contribution in [2.24, 2.45) is 0 Å². The Labute approximate surface area is 221 Å². The predicted molar refractivity (Wildman–Crippen MR) is 151 cm³/mol. The first-order chi connectivity index (χ1) is 16.9. The number of halogens is 1. The molecule has 0 saturated carbocycles. The van der Waals surface area contributed by atoms with Gasteiger partial charge in [-0.1, -0.05) is 41.1 Å². The van der Waals surface area contributed by atoms with Crippen LogP contribution in [-0.2, 0) is 6.42 Å². The van der Waals surface area contributed by atoms with Gasteiger partial charge >= 0.3 is 0 Å². The molecule has 5 rings (SSSR count). The van der Waals surface area contributed by atoms with E-state index in [2.05, 4.69) is 113 Å². The van der Waals surface area contributed by atoms with Crippen molar-refractivity contribution >= 4 is 38.9 Å². The molecule has 0 bridgehead atoms. The van der Waals surface area contributed by atoms with E-state index in [1.54, 1.807) is 0 Å². The Morgan fingerprint density at radius 3 is 2.37 bits per heavy atom. The molecule has 1 aliphatic heterocycles. The smallest absolute Gasteiger partial charge is 0.174 e. The maximum Gasteiger partial charge on any atom is 0.174 e. The Bertz CT molecular complexity index is 1380. The van der Waals surface area contributed by atoms with Gasteiger partial charge in [0.1, 0.15) is 0 Å². The van der Waals surface area contributed by atoms with Crippen molar-refractivity contribution in [3.8, 4) is 5.69 Å². The summed E-state index contributed by atoms with van der Waals surface area (Å²) in [5, 5.41) is 4.30. The lowest BCUT2D eigenvalue weighted by molar-refractivity contribution is 0.565. The van der Waals surface area contributed by atoms with Crippen LogP contribution in [0.4, 0.5) is 5.69 Å². The monoisotopic (exact) mass is 544 g/mol. The van der Waals surface area contributed by atoms with E-state index in [-0.39, 0.29) is 12.1 Å². The van der Waals surface area contributed by atoms with Gasteiger partial charge in [0.05, 0.1) is 17.8 Å². The Kier molecular flexibility index (Phi) is 6.51. The normalized spacial score (nSPS) is 17.6. The Hall–Kier alpha value is -2.96. The molecule has 0 radical (unpaired) electrons. The molecule has 4 aromatic rings. The summed E-state index contributed by atoms with van der Waals surface area (Å²) in [5.74, 6) is 0. The Balaban J connectivity index is 1.66. The third kappa shape index (κ3) is 4.30. The molecule has 1 fully saturated rings. The van der Waals surface area contributed by atoms with E-state index in [1.807, 2.05) is 18.3 Å². The molecule has 1 N–H and O–H groups in total. The number of aromatic nitrogens is 2. The largest absolute Gasteiger partial charge is 0.351 e. The molecule has 2 aromatic heterocycles. The van der Waals surface area contributed by atoms with Gasteiger partial charge in [-0.15, -0.1) is 0 Å². The summed E-state index contributed by atoms with van der Waals surface area (Å²) in [6, 6.07) is 23.5. The van der Waals surface area contributed by atoms with Gasteiger partial charge in [-0.3, -0.25) is 4.98 Å². The van der Waals surface area contributed by atoms with E-state index in [1.165, 1.54) is 33.8 Å². The van der Waals surface area contributed by atoms with Gasteiger partial charge in [0.2, 0.25) is 0 Å². The molecule has 0 spiro atoms. The number of hydrogen-bond acceptors (Lipinski definition) is 2. The highest BCUT2D eigenvalue weighted by Gasteiger charge is 2.42. The number of nitrogens with one attached hydrogen (secondary N) is 1. The SMILES string of the molecule is CCc1ccc(-n2c(C)cc([C@@H]3[C@@H](c4ccccn4)NC(=S)N3c3ccc(Br)c(C)c3)c2C)cc1. The van der Waals surface area contributed by atoms with E-state index in [0.717, 1.165) is 22.3 Å². The Morgan fingerprint density at radius 1 is 0.971 bits per heavy atom. The molecule has 3 heterocycles. The van der Waals surface area contributed by atoms with Crippen molar-refractivity contribution in [2.45, 2.75) is 46.2 Å². The Morgan fingerprint density at radius 2 is 1.71 bits per heavy atom. The quantitative estimate of drug-likeness (QED) is 0.267. The fraction of sp³-hybridized carbons (Fsp3) is 0.241. The van der Waals surface area contributed by atoms with Crippen molar-refractivity contribution in [3.63, 3.8) is 0 Å². The first kappa shape index (κ1) is 23.8. The maximum atomic E-state index is 5.93. The minimum Gasteiger partial charge on any atom is -0.351 e. The van der Waals surface area contributed by atoms with Crippen LogP contribution in [0.2, 0.25) is 0 Å². The van der Waals surface area contributed by atoms with Crippen molar-refractivity contribution in [1.82, 2.24) is 14.9 Å². The molecule has 2 atom stereocenters. The molecule has 0 amide bonds. The van der Waals surface area contributed by atoms with Crippen LogP contribution >= 0.6 is 28.1 Å². The molecule has 178 valence electrons. The first-order valence-electron chi connectivity index (χ1n) is 11.9. The maximum absolute atomic E-state index is 5.93. The minimum atomic E-state index is -0.0657. The van der Waals surface area contributed by atoms with Gasteiger partial charge in [-0.05, 0) is 105 Å². The average molecular weight is 546 g/mol. The summed E-state index contributed by atoms with van der Waals surface area (Å²) in [7, 11) is 0. The molecule has 0 unspecified atom stereocenters. The predicted octanol–water partition coefficient (Wildman–Crippen LogP) is 7.30. The molecule has 1 aliphatic rings. The highest BCUT2D eigenvalue weighted by molar-refractivity contribution is 9.10. The van der Waals surface area contributed by atoms with Crippen molar-refractivity contribution in [2.75, 3.05) is 4.90 Å². The van der Waals surface area contributed by atoms with Gasteiger partial charge < -0.3 is 14.8 Å². The third-order valence-electron chi connectivity index (χ3n) is 6.91. The lowest BCUT2D eigenvalue weighted by Gasteiger charge is -2.28. The minimum absolute atomic E-state index is 0.0344. The molecular weight excluding hydrogens is 516 g/mol. The topological polar surface area (TPSA) is 33.1 Å². The zero-order valence-electron chi connectivity index (χ0n) is 20.4. The van der Waals surface area contributed by atoms with Crippen LogP contribution in [-0.4, -0.2) is 14.7 Å². The number of rotatable bonds is 5. The second-order valence-corrected chi connectivity index (χ2v) is 10.4. The van der Waals surface area contributed by atoms with E-state index in [0.29, 0.717) is 5.11 Å². The number of thiocarbonyl (C=S) groups is 1. The molecule has 35 heavy (non-hydrogen) atoms. The van der Waals surface area contributed by atoms with Gasteiger partial charge in [-0.2, -0.15) is 0 Å². The molecule has 4 nitrogen and oxygen atoms in total. The van der Waals surface area contributed by atoms with E-state index in [9.17, 15) is 0 Å². The van der Waals surface area contributed by atoms with E-state index >= 15 is 0 Å². The van der Waals surface area contributed by atoms with Crippen LogP contribution in [0.15, 0.2) is 77.4 Å². The summed E-state index contributed by atoms with van der Waals surface area (Å²) >= 11 is 9.57. The number of hydrogen-bond donors (Lipinski definition) is 1. The third-order valence-corrected chi connectivity index (χ3v) is 8.11. The average Bonchev–Trinajstić information content (AvgIpc) is 3.36. The van der Waals surface area contributed by atoms with Gasteiger partial charge in [-0.25, -0.2) is 0 Å². The molecular formula is C29H29BrN4S. The number of anilines is 1. The van der Waals surface area contributed by atoms with Crippen LogP contribution in [0, 0.1) is 20.8 Å². The first-order valence-corrected chi connectivity index (χ1v) is 13.1. The summed E-state index contributed by atoms with van der Waals surface area (Å²) in [6.07, 6.45) is 2.88.